The molecular formula is C13H19N3O2. The van der Waals surface area contributed by atoms with Crippen LogP contribution < -0.4 is 0 Å². The molecule has 18 heavy (non-hydrogen) atoms. The minimum Gasteiger partial charge on any atom is -0.303 e. The van der Waals surface area contributed by atoms with E-state index in [9.17, 15) is 10.1 Å². The van der Waals surface area contributed by atoms with Crippen LogP contribution in [0.4, 0.5) is 0 Å². The molecule has 0 saturated heterocycles. The normalized spacial score (nSPS) is 14.4. The van der Waals surface area contributed by atoms with Crippen LogP contribution in [-0.4, -0.2) is 36.8 Å². The molecule has 5 heteroatoms. The van der Waals surface area contributed by atoms with E-state index in [1.807, 2.05) is 51.4 Å². The molecule has 0 radical (unpaired) electrons. The third-order valence-corrected chi connectivity index (χ3v) is 2.74. The van der Waals surface area contributed by atoms with E-state index in [2.05, 4.69) is 5.10 Å². The maximum Gasteiger partial charge on any atom is 0.211 e. The van der Waals surface area contributed by atoms with Crippen molar-refractivity contribution in [3.05, 3.63) is 46.0 Å². The van der Waals surface area contributed by atoms with Crippen molar-refractivity contribution in [3.63, 3.8) is 0 Å². The highest BCUT2D eigenvalue weighted by Crippen LogP contribution is 2.23. The lowest BCUT2D eigenvalue weighted by molar-refractivity contribution is -0.484. The van der Waals surface area contributed by atoms with Gasteiger partial charge in [0.2, 0.25) is 6.54 Å². The molecule has 1 aromatic rings. The number of hydrogen-bond donors (Lipinski definition) is 0. The van der Waals surface area contributed by atoms with Gasteiger partial charge >= 0.3 is 0 Å². The Labute approximate surface area is 107 Å². The molecule has 0 aliphatic heterocycles. The highest BCUT2D eigenvalue weighted by atomic mass is 16.6. The SMILES string of the molecule is CC(/C=N/N(C)C)C(C[N+](=O)[O-])c1ccccc1. The first kappa shape index (κ1) is 14.2. The lowest BCUT2D eigenvalue weighted by Gasteiger charge is -2.18. The molecule has 0 aromatic heterocycles. The molecule has 0 saturated carbocycles. The molecule has 0 amide bonds. The summed E-state index contributed by atoms with van der Waals surface area (Å²) >= 11 is 0. The van der Waals surface area contributed by atoms with Crippen LogP contribution in [0, 0.1) is 16.0 Å². The predicted octanol–water partition coefficient (Wildman–Crippen LogP) is 2.23. The van der Waals surface area contributed by atoms with Gasteiger partial charge in [-0.15, -0.1) is 0 Å². The number of hydrogen-bond acceptors (Lipinski definition) is 4. The lowest BCUT2D eigenvalue weighted by Crippen LogP contribution is -2.21. The Kier molecular flexibility index (Phi) is 5.30. The van der Waals surface area contributed by atoms with E-state index < -0.39 is 0 Å². The van der Waals surface area contributed by atoms with Crippen molar-refractivity contribution in [2.45, 2.75) is 12.8 Å². The minimum absolute atomic E-state index is 0.0141. The van der Waals surface area contributed by atoms with Crippen LogP contribution in [0.2, 0.25) is 0 Å². The average Bonchev–Trinajstić information content (AvgIpc) is 2.34. The van der Waals surface area contributed by atoms with Crippen molar-refractivity contribution in [3.8, 4) is 0 Å². The standard InChI is InChI=1S/C13H19N3O2/c1-11(9-14-15(2)3)13(10-16(17)18)12-7-5-4-6-8-12/h4-9,11,13H,10H2,1-3H3/b14-9+. The van der Waals surface area contributed by atoms with E-state index in [-0.39, 0.29) is 23.3 Å². The van der Waals surface area contributed by atoms with Crippen LogP contribution in [0.15, 0.2) is 35.4 Å². The largest absolute Gasteiger partial charge is 0.303 e. The third-order valence-electron chi connectivity index (χ3n) is 2.74. The van der Waals surface area contributed by atoms with Crippen LogP contribution >= 0.6 is 0 Å². The quantitative estimate of drug-likeness (QED) is 0.441. The molecule has 0 N–H and O–H groups in total. The molecule has 0 heterocycles. The van der Waals surface area contributed by atoms with Crippen LogP contribution in [0.1, 0.15) is 18.4 Å². The van der Waals surface area contributed by atoms with Crippen molar-refractivity contribution in [2.75, 3.05) is 20.6 Å². The zero-order chi connectivity index (χ0) is 13.5. The average molecular weight is 249 g/mol. The lowest BCUT2D eigenvalue weighted by atomic mass is 9.88. The Morgan fingerprint density at radius 2 is 2.00 bits per heavy atom. The molecular weight excluding hydrogens is 230 g/mol. The first-order valence-corrected chi connectivity index (χ1v) is 5.89. The first-order valence-electron chi connectivity index (χ1n) is 5.89. The van der Waals surface area contributed by atoms with Crippen molar-refractivity contribution in [1.29, 1.82) is 0 Å². The van der Waals surface area contributed by atoms with Gasteiger partial charge in [-0.3, -0.25) is 10.1 Å². The molecule has 1 aromatic carbocycles. The van der Waals surface area contributed by atoms with Crippen molar-refractivity contribution in [1.82, 2.24) is 5.01 Å². The maximum absolute atomic E-state index is 10.8. The Balaban J connectivity index is 2.88. The molecule has 2 unspecified atom stereocenters. The second-order valence-electron chi connectivity index (χ2n) is 4.50. The summed E-state index contributed by atoms with van der Waals surface area (Å²) in [5.41, 5.74) is 0.979. The topological polar surface area (TPSA) is 58.7 Å². The van der Waals surface area contributed by atoms with Gasteiger partial charge in [-0.1, -0.05) is 37.3 Å². The van der Waals surface area contributed by atoms with E-state index in [4.69, 9.17) is 0 Å². The molecule has 0 spiro atoms. The summed E-state index contributed by atoms with van der Waals surface area (Å²) in [4.78, 5) is 10.5. The van der Waals surface area contributed by atoms with Gasteiger partial charge in [0.1, 0.15) is 0 Å². The molecule has 1 rings (SSSR count). The molecule has 5 nitrogen and oxygen atoms in total. The highest BCUT2D eigenvalue weighted by molar-refractivity contribution is 5.61. The minimum atomic E-state index is -0.266. The number of rotatable bonds is 6. The summed E-state index contributed by atoms with van der Waals surface area (Å²) in [6.45, 7) is 1.87. The summed E-state index contributed by atoms with van der Waals surface area (Å²) in [5, 5.41) is 16.6. The molecule has 0 aliphatic carbocycles. The monoisotopic (exact) mass is 249 g/mol. The van der Waals surface area contributed by atoms with Gasteiger partial charge in [0, 0.05) is 31.2 Å². The Morgan fingerprint density at radius 3 is 2.50 bits per heavy atom. The number of hydrazone groups is 1. The summed E-state index contributed by atoms with van der Waals surface area (Å²) in [6, 6.07) is 9.56. The zero-order valence-electron chi connectivity index (χ0n) is 11.0. The van der Waals surface area contributed by atoms with E-state index >= 15 is 0 Å². The fourth-order valence-electron chi connectivity index (χ4n) is 1.78. The van der Waals surface area contributed by atoms with Gasteiger partial charge in [-0.2, -0.15) is 5.10 Å². The van der Waals surface area contributed by atoms with Gasteiger partial charge in [-0.25, -0.2) is 0 Å². The third kappa shape index (κ3) is 4.53. The Hall–Kier alpha value is -1.91. The molecule has 0 fully saturated rings. The fourth-order valence-corrected chi connectivity index (χ4v) is 1.78. The number of nitro groups is 1. The summed E-state index contributed by atoms with van der Waals surface area (Å²) in [7, 11) is 3.66. The van der Waals surface area contributed by atoms with Crippen molar-refractivity contribution in [2.24, 2.45) is 11.0 Å². The molecule has 98 valence electrons. The van der Waals surface area contributed by atoms with Gasteiger partial charge < -0.3 is 5.01 Å². The number of benzene rings is 1. The second-order valence-corrected chi connectivity index (χ2v) is 4.50. The highest BCUT2D eigenvalue weighted by Gasteiger charge is 2.23. The molecule has 2 atom stereocenters. The maximum atomic E-state index is 10.8. The smallest absolute Gasteiger partial charge is 0.211 e. The first-order chi connectivity index (χ1) is 8.50. The molecule has 0 bridgehead atoms. The van der Waals surface area contributed by atoms with E-state index in [0.29, 0.717) is 0 Å². The number of nitrogens with zero attached hydrogens (tertiary/aromatic N) is 3. The summed E-state index contributed by atoms with van der Waals surface area (Å²) in [6.07, 6.45) is 1.77. The zero-order valence-corrected chi connectivity index (χ0v) is 11.0. The van der Waals surface area contributed by atoms with Crippen LogP contribution in [0.3, 0.4) is 0 Å². The van der Waals surface area contributed by atoms with Gasteiger partial charge in [0.05, 0.1) is 5.92 Å². The van der Waals surface area contributed by atoms with Crippen LogP contribution in [0.25, 0.3) is 0 Å². The Bertz CT molecular complexity index is 404. The summed E-state index contributed by atoms with van der Waals surface area (Å²) in [5.74, 6) is -0.134. The van der Waals surface area contributed by atoms with Gasteiger partial charge in [-0.05, 0) is 5.56 Å². The van der Waals surface area contributed by atoms with E-state index in [1.165, 1.54) is 0 Å². The predicted molar refractivity (Wildman–Crippen MR) is 72.4 cm³/mol. The Morgan fingerprint density at radius 1 is 1.39 bits per heavy atom. The van der Waals surface area contributed by atoms with E-state index in [0.717, 1.165) is 5.56 Å². The second kappa shape index (κ2) is 6.74. The van der Waals surface area contributed by atoms with Gasteiger partial charge in [0.25, 0.3) is 0 Å². The van der Waals surface area contributed by atoms with Gasteiger partial charge in [0.15, 0.2) is 0 Å². The van der Waals surface area contributed by atoms with Crippen LogP contribution in [0.5, 0.6) is 0 Å². The molecule has 0 aliphatic rings. The van der Waals surface area contributed by atoms with Crippen molar-refractivity contribution < 1.29 is 4.92 Å². The van der Waals surface area contributed by atoms with E-state index in [1.54, 1.807) is 11.2 Å². The van der Waals surface area contributed by atoms with Crippen LogP contribution in [-0.2, 0) is 0 Å². The summed E-state index contributed by atoms with van der Waals surface area (Å²) < 4.78 is 0. The van der Waals surface area contributed by atoms with Crippen molar-refractivity contribution >= 4 is 6.21 Å². The fraction of sp³-hybridized carbons (Fsp3) is 0.462.